The molecular formula is C26H32Cl2N2O3. The number of ether oxygens (including phenoxy) is 2. The topological polar surface area (TPSA) is 50.8 Å². The molecule has 2 aliphatic rings. The molecule has 0 spiro atoms. The smallest absolute Gasteiger partial charge is 0.224 e. The van der Waals surface area contributed by atoms with E-state index in [0.29, 0.717) is 10.0 Å². The maximum absolute atomic E-state index is 12.9. The Hall–Kier alpha value is -1.79. The molecule has 178 valence electrons. The van der Waals surface area contributed by atoms with E-state index in [9.17, 15) is 4.79 Å². The Kier molecular flexibility index (Phi) is 7.25. The predicted octanol–water partition coefficient (Wildman–Crippen LogP) is 4.87. The number of benzene rings is 2. The van der Waals surface area contributed by atoms with Crippen molar-refractivity contribution in [3.8, 4) is 5.75 Å². The van der Waals surface area contributed by atoms with E-state index in [1.807, 2.05) is 25.3 Å². The molecule has 0 radical (unpaired) electrons. The van der Waals surface area contributed by atoms with Crippen LogP contribution in [0, 0.1) is 0 Å². The number of amides is 1. The second-order valence-corrected chi connectivity index (χ2v) is 10.2. The fourth-order valence-electron chi connectivity index (χ4n) is 5.86. The minimum absolute atomic E-state index is 0.00275. The van der Waals surface area contributed by atoms with Gasteiger partial charge in [-0.25, -0.2) is 0 Å². The number of hydrogen-bond donors (Lipinski definition) is 1. The normalized spacial score (nSPS) is 27.6. The van der Waals surface area contributed by atoms with Crippen LogP contribution in [0.4, 0.5) is 0 Å². The Bertz CT molecular complexity index is 1020. The monoisotopic (exact) mass is 490 g/mol. The van der Waals surface area contributed by atoms with Crippen molar-refractivity contribution in [2.75, 3.05) is 34.4 Å². The van der Waals surface area contributed by atoms with Gasteiger partial charge in [0.05, 0.1) is 29.2 Å². The standard InChI is InChI=1S/C26H32Cl2N2O3/c1-30-12-11-25(19-5-4-6-21(15-19)32-2)16-20(9-10-26(25,17-30)33-3)29-24(31)14-18-7-8-22(27)23(28)13-18/h4-8,13,15,20H,9-12,14,16-17H2,1-3H3,(H,29,31)/t20-,25?,26?/m0/s1. The first-order valence-electron chi connectivity index (χ1n) is 11.4. The molecule has 33 heavy (non-hydrogen) atoms. The maximum Gasteiger partial charge on any atom is 0.224 e. The number of nitrogens with one attached hydrogen (secondary N) is 1. The SMILES string of the molecule is COc1cccc(C23CCN(C)CC2(OC)CC[C@H](NC(=O)Cc2ccc(Cl)c(Cl)c2)C3)c1. The first-order chi connectivity index (χ1) is 15.8. The van der Waals surface area contributed by atoms with E-state index < -0.39 is 0 Å². The minimum atomic E-state index is -0.308. The zero-order valence-electron chi connectivity index (χ0n) is 19.5. The lowest BCUT2D eigenvalue weighted by Gasteiger charge is -2.59. The first-order valence-corrected chi connectivity index (χ1v) is 12.2. The summed E-state index contributed by atoms with van der Waals surface area (Å²) in [6, 6.07) is 13.8. The van der Waals surface area contributed by atoms with Crippen LogP contribution in [0.5, 0.6) is 5.75 Å². The van der Waals surface area contributed by atoms with E-state index in [0.717, 1.165) is 50.1 Å². The largest absolute Gasteiger partial charge is 0.497 e. The molecule has 3 atom stereocenters. The average Bonchev–Trinajstić information content (AvgIpc) is 2.81. The van der Waals surface area contributed by atoms with Crippen LogP contribution in [0.2, 0.25) is 10.0 Å². The van der Waals surface area contributed by atoms with Gasteiger partial charge in [0.2, 0.25) is 5.91 Å². The number of carbonyl (C=O) groups excluding carboxylic acids is 1. The molecule has 0 aromatic heterocycles. The van der Waals surface area contributed by atoms with Crippen LogP contribution in [-0.2, 0) is 21.4 Å². The van der Waals surface area contributed by atoms with Gasteiger partial charge in [0, 0.05) is 25.1 Å². The molecule has 4 rings (SSSR count). The summed E-state index contributed by atoms with van der Waals surface area (Å²) in [6.45, 7) is 1.84. The Morgan fingerprint density at radius 2 is 1.97 bits per heavy atom. The molecular weight excluding hydrogens is 459 g/mol. The fraction of sp³-hybridized carbons (Fsp3) is 0.500. The van der Waals surface area contributed by atoms with Crippen molar-refractivity contribution in [1.82, 2.24) is 10.2 Å². The molecule has 1 amide bonds. The van der Waals surface area contributed by atoms with Crippen LogP contribution < -0.4 is 10.1 Å². The van der Waals surface area contributed by atoms with Gasteiger partial charge >= 0.3 is 0 Å². The highest BCUT2D eigenvalue weighted by atomic mass is 35.5. The number of fused-ring (bicyclic) bond motifs is 1. The summed E-state index contributed by atoms with van der Waals surface area (Å²) in [5, 5.41) is 4.25. The molecule has 2 fully saturated rings. The summed E-state index contributed by atoms with van der Waals surface area (Å²) in [5.41, 5.74) is 1.56. The summed E-state index contributed by atoms with van der Waals surface area (Å²) >= 11 is 12.1. The number of likely N-dealkylation sites (tertiary alicyclic amines) is 1. The van der Waals surface area contributed by atoms with Gasteiger partial charge in [-0.2, -0.15) is 0 Å². The van der Waals surface area contributed by atoms with Gasteiger partial charge in [-0.3, -0.25) is 4.79 Å². The highest BCUT2D eigenvalue weighted by molar-refractivity contribution is 6.42. The number of halogens is 2. The number of nitrogens with zero attached hydrogens (tertiary/aromatic N) is 1. The third-order valence-corrected chi connectivity index (χ3v) is 8.28. The highest BCUT2D eigenvalue weighted by Gasteiger charge is 2.58. The number of piperidine rings is 1. The maximum atomic E-state index is 12.9. The van der Waals surface area contributed by atoms with Crippen LogP contribution in [-0.4, -0.2) is 56.8 Å². The van der Waals surface area contributed by atoms with E-state index in [1.165, 1.54) is 5.56 Å². The number of carbonyl (C=O) groups is 1. The van der Waals surface area contributed by atoms with Gasteiger partial charge in [0.25, 0.3) is 0 Å². The van der Waals surface area contributed by atoms with Gasteiger partial charge in [0.1, 0.15) is 5.75 Å². The van der Waals surface area contributed by atoms with Crippen molar-refractivity contribution in [3.05, 3.63) is 63.6 Å². The van der Waals surface area contributed by atoms with Crippen molar-refractivity contribution in [2.24, 2.45) is 0 Å². The molecule has 1 saturated heterocycles. The molecule has 1 N–H and O–H groups in total. The van der Waals surface area contributed by atoms with E-state index in [2.05, 4.69) is 29.4 Å². The van der Waals surface area contributed by atoms with Crippen LogP contribution in [0.15, 0.2) is 42.5 Å². The summed E-state index contributed by atoms with van der Waals surface area (Å²) < 4.78 is 11.9. The summed E-state index contributed by atoms with van der Waals surface area (Å²) in [7, 11) is 5.68. The zero-order chi connectivity index (χ0) is 23.6. The molecule has 2 unspecified atom stereocenters. The van der Waals surface area contributed by atoms with E-state index in [4.69, 9.17) is 32.7 Å². The van der Waals surface area contributed by atoms with Crippen LogP contribution in [0.1, 0.15) is 36.8 Å². The number of hydrogen-bond acceptors (Lipinski definition) is 4. The summed E-state index contributed by atoms with van der Waals surface area (Å²) in [4.78, 5) is 15.3. The minimum Gasteiger partial charge on any atom is -0.497 e. The average molecular weight is 491 g/mol. The molecule has 0 bridgehead atoms. The Balaban J connectivity index is 1.59. The van der Waals surface area contributed by atoms with Crippen molar-refractivity contribution in [2.45, 2.75) is 49.2 Å². The molecule has 2 aromatic rings. The predicted molar refractivity (Wildman–Crippen MR) is 132 cm³/mol. The molecule has 1 heterocycles. The first kappa shape index (κ1) is 24.3. The molecule has 2 aromatic carbocycles. The van der Waals surface area contributed by atoms with Crippen molar-refractivity contribution in [3.63, 3.8) is 0 Å². The third kappa shape index (κ3) is 4.74. The number of likely N-dealkylation sites (N-methyl/N-ethyl adjacent to an activating group) is 1. The van der Waals surface area contributed by atoms with Gasteiger partial charge in [-0.15, -0.1) is 0 Å². The van der Waals surface area contributed by atoms with E-state index >= 15 is 0 Å². The van der Waals surface area contributed by atoms with Gasteiger partial charge in [-0.1, -0.05) is 41.4 Å². The van der Waals surface area contributed by atoms with Crippen molar-refractivity contribution >= 4 is 29.1 Å². The van der Waals surface area contributed by atoms with Gasteiger partial charge < -0.3 is 19.7 Å². The summed E-state index contributed by atoms with van der Waals surface area (Å²) in [6.07, 6.45) is 3.82. The van der Waals surface area contributed by atoms with Crippen molar-refractivity contribution < 1.29 is 14.3 Å². The quantitative estimate of drug-likeness (QED) is 0.627. The van der Waals surface area contributed by atoms with Crippen LogP contribution >= 0.6 is 23.2 Å². The molecule has 1 aliphatic carbocycles. The zero-order valence-corrected chi connectivity index (χ0v) is 21.0. The Morgan fingerprint density at radius 3 is 2.70 bits per heavy atom. The molecule has 1 aliphatic heterocycles. The Morgan fingerprint density at radius 1 is 1.15 bits per heavy atom. The van der Waals surface area contributed by atoms with E-state index in [-0.39, 0.29) is 29.4 Å². The molecule has 1 saturated carbocycles. The van der Waals surface area contributed by atoms with Crippen LogP contribution in [0.3, 0.4) is 0 Å². The lowest BCUT2D eigenvalue weighted by molar-refractivity contribution is -0.147. The highest BCUT2D eigenvalue weighted by Crippen LogP contribution is 2.53. The van der Waals surface area contributed by atoms with Gasteiger partial charge in [0.15, 0.2) is 0 Å². The number of rotatable bonds is 6. The van der Waals surface area contributed by atoms with Crippen molar-refractivity contribution in [1.29, 1.82) is 0 Å². The third-order valence-electron chi connectivity index (χ3n) is 7.54. The van der Waals surface area contributed by atoms with Gasteiger partial charge in [-0.05, 0) is 74.7 Å². The Labute approximate surface area is 206 Å². The second-order valence-electron chi connectivity index (χ2n) is 9.43. The fourth-order valence-corrected chi connectivity index (χ4v) is 6.18. The second kappa shape index (κ2) is 9.83. The molecule has 7 heteroatoms. The van der Waals surface area contributed by atoms with E-state index in [1.54, 1.807) is 19.2 Å². The number of methoxy groups -OCH3 is 2. The van der Waals surface area contributed by atoms with Crippen LogP contribution in [0.25, 0.3) is 0 Å². The molecule has 5 nitrogen and oxygen atoms in total. The lowest BCUT2D eigenvalue weighted by Crippen LogP contribution is -2.67. The summed E-state index contributed by atoms with van der Waals surface area (Å²) in [5.74, 6) is 0.841. The lowest BCUT2D eigenvalue weighted by atomic mass is 9.55.